The van der Waals surface area contributed by atoms with Gasteiger partial charge in [-0.05, 0) is 69.8 Å². The van der Waals surface area contributed by atoms with Gasteiger partial charge in [-0.15, -0.1) is 0 Å². The highest BCUT2D eigenvalue weighted by molar-refractivity contribution is 6.06. The molecule has 5 heteroatoms. The lowest BCUT2D eigenvalue weighted by Crippen LogP contribution is -2.40. The van der Waals surface area contributed by atoms with Crippen molar-refractivity contribution >= 4 is 17.0 Å². The fourth-order valence-corrected chi connectivity index (χ4v) is 5.18. The second-order valence-corrected chi connectivity index (χ2v) is 8.42. The highest BCUT2D eigenvalue weighted by Crippen LogP contribution is 2.49. The van der Waals surface area contributed by atoms with Crippen molar-refractivity contribution in [1.29, 1.82) is 0 Å². The summed E-state index contributed by atoms with van der Waals surface area (Å²) in [6.07, 6.45) is 7.66. The third-order valence-electron chi connectivity index (χ3n) is 6.67. The molecule has 0 aromatic carbocycles. The van der Waals surface area contributed by atoms with Gasteiger partial charge in [0.1, 0.15) is 0 Å². The highest BCUT2D eigenvalue weighted by Gasteiger charge is 2.42. The van der Waals surface area contributed by atoms with Gasteiger partial charge in [0.2, 0.25) is 0 Å². The number of hydrogen-bond acceptors (Lipinski definition) is 4. The van der Waals surface area contributed by atoms with Crippen LogP contribution in [0, 0.1) is 24.7 Å². The first-order valence-electron chi connectivity index (χ1n) is 9.68. The van der Waals surface area contributed by atoms with Crippen LogP contribution in [0.15, 0.2) is 10.6 Å². The maximum Gasteiger partial charge on any atom is 0.259 e. The zero-order chi connectivity index (χ0) is 17.1. The fraction of sp³-hybridized carbons (Fsp3) is 0.650. The molecule has 0 unspecified atom stereocenters. The van der Waals surface area contributed by atoms with Crippen molar-refractivity contribution in [1.82, 2.24) is 15.5 Å². The zero-order valence-corrected chi connectivity index (χ0v) is 14.9. The van der Waals surface area contributed by atoms with E-state index in [2.05, 4.69) is 22.4 Å². The van der Waals surface area contributed by atoms with Crippen molar-refractivity contribution < 1.29 is 9.32 Å². The number of nitrogens with zero attached hydrogens (tertiary/aromatic N) is 2. The normalized spacial score (nSPS) is 29.3. The maximum atomic E-state index is 13.1. The summed E-state index contributed by atoms with van der Waals surface area (Å²) in [4.78, 5) is 17.6. The zero-order valence-electron chi connectivity index (χ0n) is 14.9. The first kappa shape index (κ1) is 15.4. The van der Waals surface area contributed by atoms with Gasteiger partial charge in [-0.1, -0.05) is 11.6 Å². The predicted octanol–water partition coefficient (Wildman–Crippen LogP) is 3.96. The van der Waals surface area contributed by atoms with Gasteiger partial charge >= 0.3 is 0 Å². The molecule has 25 heavy (non-hydrogen) atoms. The van der Waals surface area contributed by atoms with Gasteiger partial charge in [0.15, 0.2) is 0 Å². The Morgan fingerprint density at radius 3 is 2.80 bits per heavy atom. The molecule has 2 aromatic rings. The molecule has 3 fully saturated rings. The standard InChI is InChI=1S/C20H25N3O2/c1-10(15-8-12-3-4-14(15)7-12)21-19(24)16-9-17(13-5-6-13)22-20-18(16)11(2)23-25-20/h9-10,12-15H,3-8H2,1-2H3,(H,21,24)/t10-,12+,14+,15-/m1/s1. The SMILES string of the molecule is Cc1noc2nc(C3CC3)cc(C(=O)N[C@H](C)[C@H]3C[C@H]4CC[C@H]3C4)c12. The second-order valence-electron chi connectivity index (χ2n) is 8.42. The van der Waals surface area contributed by atoms with Crippen LogP contribution in [0.3, 0.4) is 0 Å². The molecule has 4 atom stereocenters. The molecule has 3 aliphatic carbocycles. The number of amides is 1. The third-order valence-corrected chi connectivity index (χ3v) is 6.67. The van der Waals surface area contributed by atoms with Gasteiger partial charge in [0, 0.05) is 17.7 Å². The summed E-state index contributed by atoms with van der Waals surface area (Å²) in [7, 11) is 0. The number of nitrogens with one attached hydrogen (secondary N) is 1. The minimum Gasteiger partial charge on any atom is -0.349 e. The maximum absolute atomic E-state index is 13.1. The molecule has 0 spiro atoms. The highest BCUT2D eigenvalue weighted by atomic mass is 16.5. The molecule has 5 nitrogen and oxygen atoms in total. The second kappa shape index (κ2) is 5.55. The number of hydrogen-bond donors (Lipinski definition) is 1. The molecular formula is C20H25N3O2. The van der Waals surface area contributed by atoms with Crippen LogP contribution in [0.4, 0.5) is 0 Å². The van der Waals surface area contributed by atoms with Crippen LogP contribution in [-0.4, -0.2) is 22.1 Å². The average molecular weight is 339 g/mol. The molecule has 132 valence electrons. The molecule has 1 N–H and O–H groups in total. The molecule has 3 aliphatic rings. The van der Waals surface area contributed by atoms with Gasteiger partial charge in [0.05, 0.1) is 16.6 Å². The van der Waals surface area contributed by atoms with Crippen LogP contribution < -0.4 is 5.32 Å². The summed E-state index contributed by atoms with van der Waals surface area (Å²) in [5.41, 5.74) is 2.89. The Morgan fingerprint density at radius 1 is 1.28 bits per heavy atom. The minimum absolute atomic E-state index is 0.00382. The van der Waals surface area contributed by atoms with Crippen LogP contribution in [0.5, 0.6) is 0 Å². The monoisotopic (exact) mass is 339 g/mol. The smallest absolute Gasteiger partial charge is 0.259 e. The number of rotatable bonds is 4. The van der Waals surface area contributed by atoms with Crippen molar-refractivity contribution in [2.75, 3.05) is 0 Å². The Morgan fingerprint density at radius 2 is 2.12 bits per heavy atom. The third kappa shape index (κ3) is 2.55. The Bertz CT molecular complexity index is 839. The topological polar surface area (TPSA) is 68.0 Å². The number of carbonyl (C=O) groups excluding carboxylic acids is 1. The van der Waals surface area contributed by atoms with E-state index in [0.717, 1.165) is 41.5 Å². The molecule has 0 radical (unpaired) electrons. The van der Waals surface area contributed by atoms with Gasteiger partial charge in [-0.2, -0.15) is 0 Å². The molecule has 2 aromatic heterocycles. The molecule has 2 heterocycles. The molecule has 5 rings (SSSR count). The Labute approximate surface area is 147 Å². The van der Waals surface area contributed by atoms with Crippen LogP contribution >= 0.6 is 0 Å². The van der Waals surface area contributed by atoms with Gasteiger partial charge in [-0.25, -0.2) is 4.98 Å². The van der Waals surface area contributed by atoms with Gasteiger partial charge < -0.3 is 9.84 Å². The first-order chi connectivity index (χ1) is 12.1. The van der Waals surface area contributed by atoms with E-state index in [0.29, 0.717) is 23.1 Å². The van der Waals surface area contributed by atoms with Crippen LogP contribution in [0.25, 0.3) is 11.1 Å². The summed E-state index contributed by atoms with van der Waals surface area (Å²) >= 11 is 0. The molecule has 3 saturated carbocycles. The largest absolute Gasteiger partial charge is 0.349 e. The van der Waals surface area contributed by atoms with E-state index >= 15 is 0 Å². The van der Waals surface area contributed by atoms with Crippen molar-refractivity contribution in [3.63, 3.8) is 0 Å². The lowest BCUT2D eigenvalue weighted by atomic mass is 9.84. The number of pyridine rings is 1. The minimum atomic E-state index is -0.00382. The quantitative estimate of drug-likeness (QED) is 0.915. The van der Waals surface area contributed by atoms with Crippen LogP contribution in [0.1, 0.15) is 73.1 Å². The summed E-state index contributed by atoms with van der Waals surface area (Å²) in [5.74, 6) is 2.80. The van der Waals surface area contributed by atoms with Crippen LogP contribution in [0.2, 0.25) is 0 Å². The van der Waals surface area contributed by atoms with Crippen molar-refractivity contribution in [3.05, 3.63) is 23.0 Å². The summed E-state index contributed by atoms with van der Waals surface area (Å²) < 4.78 is 5.36. The first-order valence-corrected chi connectivity index (χ1v) is 9.68. The van der Waals surface area contributed by atoms with Crippen LogP contribution in [-0.2, 0) is 0 Å². The lowest BCUT2D eigenvalue weighted by molar-refractivity contribution is 0.0916. The molecule has 1 amide bonds. The number of fused-ring (bicyclic) bond motifs is 3. The Balaban J connectivity index is 1.43. The van der Waals surface area contributed by atoms with Gasteiger partial charge in [-0.3, -0.25) is 4.79 Å². The molecular weight excluding hydrogens is 314 g/mol. The predicted molar refractivity (Wildman–Crippen MR) is 94.4 cm³/mol. The van der Waals surface area contributed by atoms with E-state index in [-0.39, 0.29) is 11.9 Å². The average Bonchev–Trinajstić information content (AvgIpc) is 3.06. The van der Waals surface area contributed by atoms with Crippen molar-refractivity contribution in [2.45, 2.75) is 64.3 Å². The van der Waals surface area contributed by atoms with E-state index < -0.39 is 0 Å². The number of aromatic nitrogens is 2. The lowest BCUT2D eigenvalue weighted by Gasteiger charge is -2.28. The van der Waals surface area contributed by atoms with Crippen molar-refractivity contribution in [3.8, 4) is 0 Å². The summed E-state index contributed by atoms with van der Waals surface area (Å²) in [6, 6.07) is 2.18. The number of carbonyl (C=O) groups is 1. The van der Waals surface area contributed by atoms with Gasteiger partial charge in [0.25, 0.3) is 11.6 Å². The van der Waals surface area contributed by atoms with E-state index in [9.17, 15) is 4.79 Å². The molecule has 0 saturated heterocycles. The molecule has 2 bridgehead atoms. The number of aryl methyl sites for hydroxylation is 1. The fourth-order valence-electron chi connectivity index (χ4n) is 5.18. The Hall–Kier alpha value is -1.91. The van der Waals surface area contributed by atoms with E-state index in [1.165, 1.54) is 25.7 Å². The van der Waals surface area contributed by atoms with Crippen molar-refractivity contribution in [2.24, 2.45) is 17.8 Å². The van der Waals surface area contributed by atoms with E-state index in [4.69, 9.17) is 4.52 Å². The Kier molecular flexibility index (Phi) is 3.41. The van der Waals surface area contributed by atoms with E-state index in [1.807, 2.05) is 13.0 Å². The van der Waals surface area contributed by atoms with E-state index in [1.54, 1.807) is 0 Å². The molecule has 0 aliphatic heterocycles. The summed E-state index contributed by atoms with van der Waals surface area (Å²) in [6.45, 7) is 4.05. The summed E-state index contributed by atoms with van der Waals surface area (Å²) in [5, 5.41) is 8.08.